The summed E-state index contributed by atoms with van der Waals surface area (Å²) in [5, 5.41) is 3.28. The number of carbonyl (C=O) groups is 1. The van der Waals surface area contributed by atoms with E-state index in [9.17, 15) is 13.2 Å². The van der Waals surface area contributed by atoms with Gasteiger partial charge in [0, 0.05) is 22.3 Å². The maximum atomic E-state index is 12.2. The topological polar surface area (TPSA) is 90.9 Å². The Morgan fingerprint density at radius 2 is 1.65 bits per heavy atom. The van der Waals surface area contributed by atoms with Crippen LogP contribution in [-0.4, -0.2) is 20.0 Å². The van der Waals surface area contributed by atoms with Gasteiger partial charge in [-0.15, -0.1) is 0 Å². The van der Waals surface area contributed by atoms with Crippen LogP contribution in [0.3, 0.4) is 0 Å². The zero-order valence-electron chi connectivity index (χ0n) is 19.1. The van der Waals surface area contributed by atoms with Gasteiger partial charge in [0.2, 0.25) is 0 Å². The first-order valence-corrected chi connectivity index (χ1v) is 12.6. The van der Waals surface area contributed by atoms with Gasteiger partial charge in [0.05, 0.1) is 11.2 Å². The Bertz CT molecular complexity index is 1220. The molecule has 180 valence electrons. The lowest BCUT2D eigenvalue weighted by Gasteiger charge is -2.17. The predicted molar refractivity (Wildman–Crippen MR) is 134 cm³/mol. The van der Waals surface area contributed by atoms with Crippen molar-refractivity contribution in [3.8, 4) is 5.75 Å². The second-order valence-electron chi connectivity index (χ2n) is 8.43. The molecule has 0 amide bonds. The number of rotatable bonds is 9. The van der Waals surface area contributed by atoms with Crippen molar-refractivity contribution in [1.82, 2.24) is 0 Å². The van der Waals surface area contributed by atoms with Crippen molar-refractivity contribution < 1.29 is 26.3 Å². The van der Waals surface area contributed by atoms with Crippen molar-refractivity contribution in [3.63, 3.8) is 0 Å². The maximum Gasteiger partial charge on any atom is 0.452 e. The van der Waals surface area contributed by atoms with Gasteiger partial charge in [-0.05, 0) is 68.8 Å². The van der Waals surface area contributed by atoms with E-state index in [1.54, 1.807) is 32.9 Å². The molecule has 0 heterocycles. The first-order valence-electron chi connectivity index (χ1n) is 10.5. The first kappa shape index (κ1) is 25.7. The van der Waals surface area contributed by atoms with Crippen molar-refractivity contribution >= 4 is 38.0 Å². The van der Waals surface area contributed by atoms with Crippen LogP contribution in [-0.2, 0) is 31.9 Å². The van der Waals surface area contributed by atoms with E-state index in [1.165, 1.54) is 12.1 Å². The second kappa shape index (κ2) is 11.0. The van der Waals surface area contributed by atoms with Gasteiger partial charge in [-0.25, -0.2) is 8.98 Å². The molecule has 7 nitrogen and oxygen atoms in total. The van der Waals surface area contributed by atoms with E-state index in [1.807, 2.05) is 48.5 Å². The number of hydrogen-bond acceptors (Lipinski definition) is 7. The van der Waals surface area contributed by atoms with E-state index in [4.69, 9.17) is 8.92 Å². The number of halogens is 1. The van der Waals surface area contributed by atoms with Crippen LogP contribution in [0.1, 0.15) is 42.3 Å². The summed E-state index contributed by atoms with van der Waals surface area (Å²) in [6, 6.07) is 22.0. The highest BCUT2D eigenvalue weighted by molar-refractivity contribution is 9.10. The average molecular weight is 548 g/mol. The largest absolute Gasteiger partial charge is 0.489 e. The Balaban J connectivity index is 1.62. The molecule has 3 aromatic carbocycles. The molecule has 0 aliphatic heterocycles. The molecule has 9 heteroatoms. The summed E-state index contributed by atoms with van der Waals surface area (Å²) in [6.07, 6.45) is 0. The summed E-state index contributed by atoms with van der Waals surface area (Å²) in [4.78, 5) is 12.2. The van der Waals surface area contributed by atoms with Crippen molar-refractivity contribution in [3.05, 3.63) is 94.0 Å². The summed E-state index contributed by atoms with van der Waals surface area (Å²) in [6.45, 7) is 5.56. The van der Waals surface area contributed by atoms with E-state index in [2.05, 4.69) is 25.4 Å². The molecule has 0 radical (unpaired) electrons. The summed E-state index contributed by atoms with van der Waals surface area (Å²) < 4.78 is 40.0. The van der Waals surface area contributed by atoms with E-state index >= 15 is 0 Å². The summed E-state index contributed by atoms with van der Waals surface area (Å²) >= 11 is 3.49. The molecule has 0 aromatic heterocycles. The lowest BCUT2D eigenvalue weighted by molar-refractivity contribution is 0.0635. The number of ether oxygens (including phenoxy) is 1. The third kappa shape index (κ3) is 8.16. The molecular formula is C25H26BrNO6S. The van der Waals surface area contributed by atoms with Gasteiger partial charge in [-0.3, -0.25) is 0 Å². The molecular weight excluding hydrogens is 522 g/mol. The highest BCUT2D eigenvalue weighted by Crippen LogP contribution is 2.25. The number of anilines is 1. The fourth-order valence-electron chi connectivity index (χ4n) is 2.95. The van der Waals surface area contributed by atoms with Gasteiger partial charge in [0.1, 0.15) is 12.4 Å². The van der Waals surface area contributed by atoms with Crippen LogP contribution in [0.2, 0.25) is 0 Å². The van der Waals surface area contributed by atoms with E-state index in [0.29, 0.717) is 13.2 Å². The van der Waals surface area contributed by atoms with Gasteiger partial charge < -0.3 is 14.2 Å². The van der Waals surface area contributed by atoms with Crippen LogP contribution in [0.5, 0.6) is 5.75 Å². The predicted octanol–water partition coefficient (Wildman–Crippen LogP) is 5.86. The van der Waals surface area contributed by atoms with Crippen LogP contribution in [0.4, 0.5) is 5.69 Å². The van der Waals surface area contributed by atoms with Crippen LogP contribution in [0.15, 0.2) is 77.3 Å². The van der Waals surface area contributed by atoms with Crippen LogP contribution < -0.4 is 10.1 Å². The van der Waals surface area contributed by atoms with Gasteiger partial charge in [-0.1, -0.05) is 46.3 Å². The molecule has 3 rings (SSSR count). The Kier molecular flexibility index (Phi) is 8.35. The van der Waals surface area contributed by atoms with E-state index < -0.39 is 22.0 Å². The fraction of sp³-hybridized carbons (Fsp3) is 0.240. The van der Waals surface area contributed by atoms with Gasteiger partial charge in [0.25, 0.3) is 0 Å². The third-order valence-electron chi connectivity index (χ3n) is 4.39. The molecule has 0 aliphatic carbocycles. The molecule has 1 N–H and O–H groups in total. The summed E-state index contributed by atoms with van der Waals surface area (Å²) in [5.41, 5.74) is 1.82. The second-order valence-corrected chi connectivity index (χ2v) is 10.5. The van der Waals surface area contributed by atoms with Crippen molar-refractivity contribution in [2.24, 2.45) is 0 Å². The van der Waals surface area contributed by atoms with E-state index in [-0.39, 0.29) is 5.56 Å². The molecule has 0 bridgehead atoms. The molecule has 0 spiro atoms. The standard InChI is InChI=1S/C25H26BrNO6S/c1-25(2,3)33-34(29,30)32-24(28)19-9-12-22(13-10-19)27-16-20-15-21(26)11-14-23(20)31-17-18-7-5-4-6-8-18/h4-15,27H,16-17H2,1-3H3. The monoisotopic (exact) mass is 547 g/mol. The van der Waals surface area contributed by atoms with Crippen molar-refractivity contribution in [1.29, 1.82) is 0 Å². The molecule has 0 saturated heterocycles. The quantitative estimate of drug-likeness (QED) is 0.358. The molecule has 3 aromatic rings. The highest BCUT2D eigenvalue weighted by atomic mass is 79.9. The number of benzene rings is 3. The molecule has 0 unspecified atom stereocenters. The van der Waals surface area contributed by atoms with Crippen molar-refractivity contribution in [2.45, 2.75) is 39.5 Å². The lowest BCUT2D eigenvalue weighted by Crippen LogP contribution is -2.27. The van der Waals surface area contributed by atoms with Crippen molar-refractivity contribution in [2.75, 3.05) is 5.32 Å². The van der Waals surface area contributed by atoms with Gasteiger partial charge in [0.15, 0.2) is 0 Å². The molecule has 34 heavy (non-hydrogen) atoms. The Morgan fingerprint density at radius 1 is 0.971 bits per heavy atom. The first-order chi connectivity index (χ1) is 16.0. The molecule has 0 fully saturated rings. The number of hydrogen-bond donors (Lipinski definition) is 1. The Hall–Kier alpha value is -2.88. The molecule has 0 saturated carbocycles. The number of carbonyl (C=O) groups excluding carboxylic acids is 1. The normalized spacial score (nSPS) is 11.6. The SMILES string of the molecule is CC(C)(C)OS(=O)(=O)OC(=O)c1ccc(NCc2cc(Br)ccc2OCc2ccccc2)cc1. The lowest BCUT2D eigenvalue weighted by atomic mass is 10.1. The average Bonchev–Trinajstić information content (AvgIpc) is 2.76. The highest BCUT2D eigenvalue weighted by Gasteiger charge is 2.26. The smallest absolute Gasteiger partial charge is 0.452 e. The zero-order chi connectivity index (χ0) is 24.8. The summed E-state index contributed by atoms with van der Waals surface area (Å²) in [5.74, 6) is -0.261. The minimum absolute atomic E-state index is 0.0842. The van der Waals surface area contributed by atoms with Crippen LogP contribution >= 0.6 is 15.9 Å². The number of nitrogens with one attached hydrogen (secondary N) is 1. The van der Waals surface area contributed by atoms with E-state index in [0.717, 1.165) is 27.0 Å². The zero-order valence-corrected chi connectivity index (χ0v) is 21.5. The summed E-state index contributed by atoms with van der Waals surface area (Å²) in [7, 11) is -4.46. The van der Waals surface area contributed by atoms with Crippen LogP contribution in [0, 0.1) is 0 Å². The van der Waals surface area contributed by atoms with Gasteiger partial charge >= 0.3 is 16.4 Å². The fourth-order valence-corrected chi connectivity index (χ4v) is 4.28. The van der Waals surface area contributed by atoms with Gasteiger partial charge in [-0.2, -0.15) is 8.42 Å². The third-order valence-corrected chi connectivity index (χ3v) is 5.95. The molecule has 0 aliphatic rings. The Morgan fingerprint density at radius 3 is 2.29 bits per heavy atom. The maximum absolute atomic E-state index is 12.2. The Labute approximate surface area is 208 Å². The minimum atomic E-state index is -4.46. The molecule has 0 atom stereocenters. The van der Waals surface area contributed by atoms with Crippen LogP contribution in [0.25, 0.3) is 0 Å². The minimum Gasteiger partial charge on any atom is -0.489 e.